The normalized spacial score (nSPS) is 16.8. The Kier molecular flexibility index (Phi) is 8.60. The van der Waals surface area contributed by atoms with Gasteiger partial charge in [0.15, 0.2) is 0 Å². The Balaban J connectivity index is 0.000000186. The number of nitrogens with one attached hydrogen (secondary N) is 1. The maximum absolute atomic E-state index is 11.2. The Bertz CT molecular complexity index is 995. The molecule has 4 heterocycles. The number of hydrogen-bond acceptors (Lipinski definition) is 9. The molecule has 0 saturated carbocycles. The monoisotopic (exact) mass is 504 g/mol. The van der Waals surface area contributed by atoms with Gasteiger partial charge in [-0.1, -0.05) is 23.2 Å². The summed E-state index contributed by atoms with van der Waals surface area (Å²) in [7, 11) is -3.36. The van der Waals surface area contributed by atoms with Crippen molar-refractivity contribution in [2.75, 3.05) is 79.1 Å². The minimum atomic E-state index is -3.36. The van der Waals surface area contributed by atoms with E-state index in [2.05, 4.69) is 19.6 Å². The Hall–Kier alpha value is -2.05. The molecule has 0 bridgehead atoms. The van der Waals surface area contributed by atoms with Gasteiger partial charge in [-0.25, -0.2) is 18.4 Å². The van der Waals surface area contributed by atoms with E-state index in [1.54, 1.807) is 12.1 Å². The SMILES string of the molecule is CS(=O)(=O)Nc1cc(Cl)cc(N2CCOCC2)n1.Nc1cc(Cl)cc(N2CCOCC2)n1. The number of nitrogens with zero attached hydrogens (tertiary/aromatic N) is 4. The number of hydrogen-bond donors (Lipinski definition) is 2. The highest BCUT2D eigenvalue weighted by Crippen LogP contribution is 2.23. The lowest BCUT2D eigenvalue weighted by atomic mass is 10.3. The molecule has 2 aliphatic heterocycles. The summed E-state index contributed by atoms with van der Waals surface area (Å²) in [5.41, 5.74) is 5.61. The van der Waals surface area contributed by atoms with Crippen LogP contribution in [0, 0.1) is 0 Å². The van der Waals surface area contributed by atoms with Crippen molar-refractivity contribution in [3.05, 3.63) is 34.3 Å². The molecule has 3 N–H and O–H groups in total. The Morgan fingerprint density at radius 2 is 1.34 bits per heavy atom. The summed E-state index contributed by atoms with van der Waals surface area (Å²) in [4.78, 5) is 12.6. The van der Waals surface area contributed by atoms with Gasteiger partial charge in [-0.05, 0) is 18.2 Å². The molecule has 2 aliphatic rings. The number of nitrogens with two attached hydrogens (primary N) is 1. The van der Waals surface area contributed by atoms with Gasteiger partial charge in [0.1, 0.15) is 23.3 Å². The first-order valence-corrected chi connectivity index (χ1v) is 12.6. The second-order valence-electron chi connectivity index (χ2n) is 7.17. The molecule has 0 aromatic carbocycles. The number of halogens is 2. The van der Waals surface area contributed by atoms with Gasteiger partial charge in [0, 0.05) is 42.3 Å². The minimum Gasteiger partial charge on any atom is -0.384 e. The van der Waals surface area contributed by atoms with Crippen LogP contribution in [0.4, 0.5) is 23.3 Å². The van der Waals surface area contributed by atoms with Crippen LogP contribution >= 0.6 is 23.2 Å². The van der Waals surface area contributed by atoms with Crippen molar-refractivity contribution >= 4 is 56.5 Å². The summed E-state index contributed by atoms with van der Waals surface area (Å²) in [5, 5.41) is 1.07. The summed E-state index contributed by atoms with van der Waals surface area (Å²) in [5.74, 6) is 2.17. The van der Waals surface area contributed by atoms with Crippen LogP contribution < -0.4 is 20.3 Å². The van der Waals surface area contributed by atoms with E-state index >= 15 is 0 Å². The van der Waals surface area contributed by atoms with Crippen LogP contribution in [0.15, 0.2) is 24.3 Å². The van der Waals surface area contributed by atoms with E-state index in [4.69, 9.17) is 38.4 Å². The van der Waals surface area contributed by atoms with Gasteiger partial charge in [0.2, 0.25) is 10.0 Å². The van der Waals surface area contributed by atoms with Crippen LogP contribution in [-0.2, 0) is 19.5 Å². The quantitative estimate of drug-likeness (QED) is 0.643. The molecule has 2 fully saturated rings. The Labute approximate surface area is 197 Å². The average molecular weight is 505 g/mol. The number of nitrogen functional groups attached to an aromatic ring is 1. The lowest BCUT2D eigenvalue weighted by Gasteiger charge is -2.28. The third-order valence-corrected chi connectivity index (χ3v) is 5.55. The second kappa shape index (κ2) is 11.2. The molecular formula is C19H26Cl2N6O4S. The fourth-order valence-electron chi connectivity index (χ4n) is 3.14. The lowest BCUT2D eigenvalue weighted by molar-refractivity contribution is 0.122. The predicted octanol–water partition coefficient (Wildman–Crippen LogP) is 2.10. The van der Waals surface area contributed by atoms with E-state index in [0.29, 0.717) is 48.0 Å². The van der Waals surface area contributed by atoms with E-state index in [0.717, 1.165) is 38.4 Å². The summed E-state index contributed by atoms with van der Waals surface area (Å²) < 4.78 is 35.2. The third-order valence-electron chi connectivity index (χ3n) is 4.53. The van der Waals surface area contributed by atoms with Crippen molar-refractivity contribution in [3.8, 4) is 0 Å². The average Bonchev–Trinajstić information content (AvgIpc) is 2.73. The van der Waals surface area contributed by atoms with Crippen LogP contribution in [0.1, 0.15) is 0 Å². The number of pyridine rings is 2. The van der Waals surface area contributed by atoms with Gasteiger partial charge in [-0.15, -0.1) is 0 Å². The first-order valence-electron chi connectivity index (χ1n) is 9.93. The number of sulfonamides is 1. The van der Waals surface area contributed by atoms with Crippen molar-refractivity contribution in [2.24, 2.45) is 0 Å². The molecule has 0 amide bonds. The lowest BCUT2D eigenvalue weighted by Crippen LogP contribution is -2.36. The molecule has 176 valence electrons. The molecule has 2 saturated heterocycles. The van der Waals surface area contributed by atoms with E-state index in [9.17, 15) is 8.42 Å². The van der Waals surface area contributed by atoms with E-state index in [1.807, 2.05) is 11.0 Å². The largest absolute Gasteiger partial charge is 0.384 e. The van der Waals surface area contributed by atoms with Gasteiger partial charge in [-0.2, -0.15) is 0 Å². The molecular weight excluding hydrogens is 479 g/mol. The molecule has 0 spiro atoms. The zero-order valence-electron chi connectivity index (χ0n) is 17.6. The van der Waals surface area contributed by atoms with Crippen LogP contribution in [0.25, 0.3) is 0 Å². The molecule has 2 aromatic heterocycles. The first kappa shape index (κ1) is 24.6. The smallest absolute Gasteiger partial charge is 0.230 e. The first-order chi connectivity index (χ1) is 15.2. The summed E-state index contributed by atoms with van der Waals surface area (Å²) >= 11 is 11.9. The van der Waals surface area contributed by atoms with Gasteiger partial charge < -0.3 is 25.0 Å². The molecule has 0 atom stereocenters. The summed E-state index contributed by atoms with van der Waals surface area (Å²) in [6.45, 7) is 5.82. The maximum atomic E-state index is 11.2. The third kappa shape index (κ3) is 7.82. The topological polar surface area (TPSA) is 123 Å². The number of morpholine rings is 2. The van der Waals surface area contributed by atoms with Crippen molar-refractivity contribution in [1.82, 2.24) is 9.97 Å². The van der Waals surface area contributed by atoms with Crippen LogP contribution in [-0.4, -0.2) is 77.2 Å². The number of anilines is 4. The Morgan fingerprint density at radius 1 is 0.875 bits per heavy atom. The molecule has 4 rings (SSSR count). The Morgan fingerprint density at radius 3 is 1.81 bits per heavy atom. The molecule has 13 heteroatoms. The van der Waals surface area contributed by atoms with Crippen molar-refractivity contribution in [1.29, 1.82) is 0 Å². The van der Waals surface area contributed by atoms with Crippen LogP contribution in [0.3, 0.4) is 0 Å². The van der Waals surface area contributed by atoms with Gasteiger partial charge in [0.25, 0.3) is 0 Å². The highest BCUT2D eigenvalue weighted by atomic mass is 35.5. The van der Waals surface area contributed by atoms with Gasteiger partial charge in [-0.3, -0.25) is 4.72 Å². The standard InChI is InChI=1S/C10H14ClN3O3S.C9H12ClN3O/c1-18(15,16)13-9-6-8(11)7-10(12-9)14-2-4-17-5-3-14;10-7-5-8(11)12-9(6-7)13-1-3-14-4-2-13/h6-7H,2-5H2,1H3,(H,12,13);5-6H,1-4H2,(H2,11,12). The van der Waals surface area contributed by atoms with Crippen LogP contribution in [0.5, 0.6) is 0 Å². The van der Waals surface area contributed by atoms with Crippen molar-refractivity contribution in [3.63, 3.8) is 0 Å². The zero-order chi connectivity index (χ0) is 23.1. The highest BCUT2D eigenvalue weighted by molar-refractivity contribution is 7.92. The van der Waals surface area contributed by atoms with Gasteiger partial charge in [0.05, 0.1) is 32.7 Å². The highest BCUT2D eigenvalue weighted by Gasteiger charge is 2.15. The fourth-order valence-corrected chi connectivity index (χ4v) is 4.03. The maximum Gasteiger partial charge on any atom is 0.230 e. The number of aromatic nitrogens is 2. The zero-order valence-corrected chi connectivity index (χ0v) is 20.0. The summed E-state index contributed by atoms with van der Waals surface area (Å²) in [6.07, 6.45) is 1.07. The van der Waals surface area contributed by atoms with Crippen molar-refractivity contribution in [2.45, 2.75) is 0 Å². The number of ether oxygens (including phenoxy) is 2. The minimum absolute atomic E-state index is 0.228. The molecule has 2 aromatic rings. The van der Waals surface area contributed by atoms with E-state index in [-0.39, 0.29) is 5.82 Å². The second-order valence-corrected chi connectivity index (χ2v) is 9.79. The molecule has 0 radical (unpaired) electrons. The van der Waals surface area contributed by atoms with E-state index < -0.39 is 10.0 Å². The molecule has 10 nitrogen and oxygen atoms in total. The van der Waals surface area contributed by atoms with Gasteiger partial charge >= 0.3 is 0 Å². The van der Waals surface area contributed by atoms with Crippen molar-refractivity contribution < 1.29 is 17.9 Å². The summed E-state index contributed by atoms with van der Waals surface area (Å²) in [6, 6.07) is 6.65. The molecule has 0 unspecified atom stereocenters. The van der Waals surface area contributed by atoms with Crippen LogP contribution in [0.2, 0.25) is 10.0 Å². The molecule has 0 aliphatic carbocycles. The fraction of sp³-hybridized carbons (Fsp3) is 0.474. The molecule has 32 heavy (non-hydrogen) atoms. The number of rotatable bonds is 4. The van der Waals surface area contributed by atoms with E-state index in [1.165, 1.54) is 6.07 Å². The predicted molar refractivity (Wildman–Crippen MR) is 127 cm³/mol.